The molecule has 0 amide bonds. The molecule has 1 fully saturated rings. The Balaban J connectivity index is 0.00000240. The van der Waals surface area contributed by atoms with Crippen LogP contribution in [0.4, 0.5) is 0 Å². The van der Waals surface area contributed by atoms with E-state index in [2.05, 4.69) is 55.4 Å². The molecule has 154 valence electrons. The van der Waals surface area contributed by atoms with Crippen LogP contribution >= 0.6 is 35.3 Å². The van der Waals surface area contributed by atoms with Crippen LogP contribution in [0.1, 0.15) is 24.4 Å². The summed E-state index contributed by atoms with van der Waals surface area (Å²) in [6, 6.07) is 10.7. The van der Waals surface area contributed by atoms with E-state index < -0.39 is 0 Å². The molecule has 2 aromatic heterocycles. The summed E-state index contributed by atoms with van der Waals surface area (Å²) < 4.78 is 2.22. The Kier molecular flexibility index (Phi) is 7.65. The second-order valence-corrected chi connectivity index (χ2v) is 8.13. The van der Waals surface area contributed by atoms with Gasteiger partial charge in [-0.2, -0.15) is 0 Å². The Hall–Kier alpha value is -1.94. The van der Waals surface area contributed by atoms with Crippen LogP contribution in [0.15, 0.2) is 59.4 Å². The van der Waals surface area contributed by atoms with E-state index in [0.717, 1.165) is 41.7 Å². The monoisotopic (exact) mass is 522 g/mol. The number of nitrogens with zero attached hydrogens (tertiary/aromatic N) is 5. The summed E-state index contributed by atoms with van der Waals surface area (Å²) in [5, 5.41) is 6.68. The summed E-state index contributed by atoms with van der Waals surface area (Å²) in [7, 11) is 1.85. The lowest BCUT2D eigenvalue weighted by molar-refractivity contribution is 0.189. The highest BCUT2D eigenvalue weighted by molar-refractivity contribution is 14.0. The van der Waals surface area contributed by atoms with Crippen LogP contribution < -0.4 is 5.32 Å². The van der Waals surface area contributed by atoms with Crippen molar-refractivity contribution in [3.05, 3.63) is 59.4 Å². The molecular weight excluding hydrogens is 495 g/mol. The molecule has 3 aromatic rings. The Bertz CT molecular complexity index is 908. The SMILES string of the molecule is CN=C(NCc1nc(-c2ccccc2)cs1)N1CCC(C)C(n2ccnc2)C1.I. The van der Waals surface area contributed by atoms with Crippen LogP contribution in [0.5, 0.6) is 0 Å². The molecular formula is C21H27IN6S. The first-order valence-corrected chi connectivity index (χ1v) is 10.6. The lowest BCUT2D eigenvalue weighted by Crippen LogP contribution is -2.48. The summed E-state index contributed by atoms with van der Waals surface area (Å²) in [5.74, 6) is 1.56. The average molecular weight is 522 g/mol. The van der Waals surface area contributed by atoms with Crippen molar-refractivity contribution in [1.82, 2.24) is 24.8 Å². The van der Waals surface area contributed by atoms with Crippen molar-refractivity contribution >= 4 is 41.3 Å². The molecule has 1 aliphatic heterocycles. The zero-order chi connectivity index (χ0) is 19.3. The maximum atomic E-state index is 4.77. The number of rotatable bonds is 4. The van der Waals surface area contributed by atoms with E-state index in [0.29, 0.717) is 18.5 Å². The fourth-order valence-corrected chi connectivity index (χ4v) is 4.46. The number of nitrogens with one attached hydrogen (secondary N) is 1. The topological polar surface area (TPSA) is 58.3 Å². The summed E-state index contributed by atoms with van der Waals surface area (Å²) in [5.41, 5.74) is 2.19. The summed E-state index contributed by atoms with van der Waals surface area (Å²) >= 11 is 1.68. The molecule has 0 bridgehead atoms. The number of thiazole rings is 1. The van der Waals surface area contributed by atoms with Crippen LogP contribution in [0.25, 0.3) is 11.3 Å². The normalized spacial score (nSPS) is 19.7. The van der Waals surface area contributed by atoms with Gasteiger partial charge in [0.15, 0.2) is 5.96 Å². The highest BCUT2D eigenvalue weighted by Crippen LogP contribution is 2.27. The minimum absolute atomic E-state index is 0. The maximum Gasteiger partial charge on any atom is 0.194 e. The van der Waals surface area contributed by atoms with Gasteiger partial charge in [-0.25, -0.2) is 9.97 Å². The minimum atomic E-state index is 0. The van der Waals surface area contributed by atoms with Crippen LogP contribution in [-0.2, 0) is 6.54 Å². The van der Waals surface area contributed by atoms with Gasteiger partial charge in [-0.1, -0.05) is 37.3 Å². The van der Waals surface area contributed by atoms with Gasteiger partial charge in [0.1, 0.15) is 5.01 Å². The van der Waals surface area contributed by atoms with Gasteiger partial charge in [-0.05, 0) is 12.3 Å². The molecule has 3 heterocycles. The molecule has 29 heavy (non-hydrogen) atoms. The first kappa shape index (κ1) is 21.8. The van der Waals surface area contributed by atoms with Crippen molar-refractivity contribution in [2.45, 2.75) is 25.9 Å². The predicted molar refractivity (Wildman–Crippen MR) is 130 cm³/mol. The van der Waals surface area contributed by atoms with Gasteiger partial charge in [0, 0.05) is 43.5 Å². The first-order chi connectivity index (χ1) is 13.7. The van der Waals surface area contributed by atoms with E-state index in [-0.39, 0.29) is 24.0 Å². The molecule has 1 saturated heterocycles. The van der Waals surface area contributed by atoms with Gasteiger partial charge in [0.05, 0.1) is 24.6 Å². The largest absolute Gasteiger partial charge is 0.350 e. The number of piperidine rings is 1. The maximum absolute atomic E-state index is 4.77. The van der Waals surface area contributed by atoms with Crippen LogP contribution in [0.3, 0.4) is 0 Å². The number of hydrogen-bond acceptors (Lipinski definition) is 4. The number of guanidine groups is 1. The number of benzene rings is 1. The smallest absolute Gasteiger partial charge is 0.194 e. The second-order valence-electron chi connectivity index (χ2n) is 7.18. The first-order valence-electron chi connectivity index (χ1n) is 9.67. The molecule has 0 aliphatic carbocycles. The molecule has 1 N–H and O–H groups in total. The van der Waals surface area contributed by atoms with Crippen molar-refractivity contribution in [2.24, 2.45) is 10.9 Å². The standard InChI is InChI=1S/C21H26N6S.HI/c1-16-8-10-26(13-19(16)27-11-9-23-15-27)21(22-2)24-12-20-25-18(14-28-20)17-6-4-3-5-7-17;/h3-7,9,11,14-16,19H,8,10,12-13H2,1-2H3,(H,22,24);1H. The van der Waals surface area contributed by atoms with Crippen molar-refractivity contribution in [3.63, 3.8) is 0 Å². The highest BCUT2D eigenvalue weighted by atomic mass is 127. The van der Waals surface area contributed by atoms with E-state index >= 15 is 0 Å². The van der Waals surface area contributed by atoms with E-state index in [4.69, 9.17) is 4.98 Å². The molecule has 1 aromatic carbocycles. The fraction of sp³-hybridized carbons (Fsp3) is 0.381. The zero-order valence-corrected chi connectivity index (χ0v) is 19.9. The van der Waals surface area contributed by atoms with E-state index in [9.17, 15) is 0 Å². The summed E-state index contributed by atoms with van der Waals surface area (Å²) in [6.45, 7) is 4.95. The summed E-state index contributed by atoms with van der Waals surface area (Å²) in [6.07, 6.45) is 6.97. The number of imidazole rings is 1. The number of likely N-dealkylation sites (tertiary alicyclic amines) is 1. The lowest BCUT2D eigenvalue weighted by atomic mass is 9.93. The quantitative estimate of drug-likeness (QED) is 0.316. The van der Waals surface area contributed by atoms with Crippen molar-refractivity contribution in [2.75, 3.05) is 20.1 Å². The third-order valence-electron chi connectivity index (χ3n) is 5.36. The van der Waals surface area contributed by atoms with Gasteiger partial charge in [0.2, 0.25) is 0 Å². The van der Waals surface area contributed by atoms with Gasteiger partial charge in [-0.3, -0.25) is 4.99 Å². The van der Waals surface area contributed by atoms with Crippen molar-refractivity contribution < 1.29 is 0 Å². The minimum Gasteiger partial charge on any atom is -0.350 e. The molecule has 2 unspecified atom stereocenters. The third kappa shape index (κ3) is 5.16. The number of halogens is 1. The molecule has 2 atom stereocenters. The van der Waals surface area contributed by atoms with Crippen LogP contribution in [0, 0.1) is 5.92 Å². The molecule has 1 aliphatic rings. The van der Waals surface area contributed by atoms with E-state index in [1.54, 1.807) is 11.3 Å². The van der Waals surface area contributed by atoms with E-state index in [1.807, 2.05) is 37.8 Å². The van der Waals surface area contributed by atoms with Crippen molar-refractivity contribution in [3.8, 4) is 11.3 Å². The lowest BCUT2D eigenvalue weighted by Gasteiger charge is -2.39. The van der Waals surface area contributed by atoms with E-state index in [1.165, 1.54) is 0 Å². The number of aliphatic imine (C=N–C) groups is 1. The Morgan fingerprint density at radius 2 is 2.14 bits per heavy atom. The van der Waals surface area contributed by atoms with Crippen LogP contribution in [0.2, 0.25) is 0 Å². The third-order valence-corrected chi connectivity index (χ3v) is 6.21. The molecule has 6 nitrogen and oxygen atoms in total. The number of aromatic nitrogens is 3. The average Bonchev–Trinajstić information content (AvgIpc) is 3.42. The van der Waals surface area contributed by atoms with Gasteiger partial charge < -0.3 is 14.8 Å². The Morgan fingerprint density at radius 1 is 1.31 bits per heavy atom. The summed E-state index contributed by atoms with van der Waals surface area (Å²) in [4.78, 5) is 15.8. The molecule has 0 saturated carbocycles. The molecule has 0 spiro atoms. The molecule has 8 heteroatoms. The Morgan fingerprint density at radius 3 is 2.86 bits per heavy atom. The highest BCUT2D eigenvalue weighted by Gasteiger charge is 2.28. The Labute approximate surface area is 193 Å². The fourth-order valence-electron chi connectivity index (χ4n) is 3.72. The zero-order valence-electron chi connectivity index (χ0n) is 16.7. The second kappa shape index (κ2) is 10.2. The van der Waals surface area contributed by atoms with Gasteiger partial charge >= 0.3 is 0 Å². The van der Waals surface area contributed by atoms with Crippen LogP contribution in [-0.4, -0.2) is 45.5 Å². The molecule has 0 radical (unpaired) electrons. The molecule has 4 rings (SSSR count). The van der Waals surface area contributed by atoms with Crippen molar-refractivity contribution in [1.29, 1.82) is 0 Å². The number of hydrogen-bond donors (Lipinski definition) is 1. The van der Waals surface area contributed by atoms with Gasteiger partial charge in [-0.15, -0.1) is 35.3 Å². The predicted octanol–water partition coefficient (Wildman–Crippen LogP) is 4.28. The van der Waals surface area contributed by atoms with Gasteiger partial charge in [0.25, 0.3) is 0 Å².